The molecule has 2 aromatic rings. The first-order valence-electron chi connectivity index (χ1n) is 18.1. The molecule has 0 aliphatic carbocycles. The lowest BCUT2D eigenvalue weighted by Crippen LogP contribution is -2.61. The molecule has 0 aromatic heterocycles. The number of benzene rings is 2. The summed E-state index contributed by atoms with van der Waals surface area (Å²) in [7, 11) is 1.53. The van der Waals surface area contributed by atoms with Crippen LogP contribution in [0.3, 0.4) is 0 Å². The van der Waals surface area contributed by atoms with Gasteiger partial charge in [0.2, 0.25) is 11.8 Å². The smallest absolute Gasteiger partial charge is 0.247 e. The highest BCUT2D eigenvalue weighted by atomic mass is 16.5. The highest BCUT2D eigenvalue weighted by molar-refractivity contribution is 5.93. The average Bonchev–Trinajstić information content (AvgIpc) is 3.10. The number of hydrogen-bond acceptors (Lipinski definition) is 9. The molecule has 51 heavy (non-hydrogen) atoms. The number of aliphatic hydroxyl groups is 4. The van der Waals surface area contributed by atoms with Crippen molar-refractivity contribution in [1.29, 1.82) is 0 Å². The number of nitrogens with one attached hydrogen (secondary N) is 1. The van der Waals surface area contributed by atoms with E-state index in [2.05, 4.69) is 43.1 Å². The number of rotatable bonds is 12. The van der Waals surface area contributed by atoms with Crippen molar-refractivity contribution < 1.29 is 39.5 Å². The quantitative estimate of drug-likeness (QED) is 0.224. The van der Waals surface area contributed by atoms with Gasteiger partial charge >= 0.3 is 0 Å². The lowest BCUT2D eigenvalue weighted by atomic mass is 9.85. The second kappa shape index (κ2) is 16.6. The molecule has 5 N–H and O–H groups in total. The highest BCUT2D eigenvalue weighted by Crippen LogP contribution is 2.40. The van der Waals surface area contributed by atoms with Crippen LogP contribution in [0.25, 0.3) is 6.08 Å². The van der Waals surface area contributed by atoms with Crippen molar-refractivity contribution in [2.24, 2.45) is 5.41 Å². The molecule has 11 heteroatoms. The Kier molecular flexibility index (Phi) is 13.1. The largest absolute Gasteiger partial charge is 0.496 e. The van der Waals surface area contributed by atoms with E-state index in [-0.39, 0.29) is 17.7 Å². The summed E-state index contributed by atoms with van der Waals surface area (Å²) in [5, 5.41) is 44.5. The van der Waals surface area contributed by atoms with Crippen molar-refractivity contribution in [2.45, 2.75) is 104 Å². The van der Waals surface area contributed by atoms with Gasteiger partial charge in [-0.3, -0.25) is 9.59 Å². The predicted octanol–water partition coefficient (Wildman–Crippen LogP) is 3.33. The Morgan fingerprint density at radius 3 is 2.24 bits per heavy atom. The first kappa shape index (κ1) is 40.5. The van der Waals surface area contributed by atoms with Gasteiger partial charge in [0.05, 0.1) is 19.1 Å². The minimum absolute atomic E-state index is 0.0737. The van der Waals surface area contributed by atoms with Gasteiger partial charge in [-0.15, -0.1) is 0 Å². The summed E-state index contributed by atoms with van der Waals surface area (Å²) in [4.78, 5) is 30.9. The summed E-state index contributed by atoms with van der Waals surface area (Å²) in [6, 6.07) is 9.99. The molecule has 2 fully saturated rings. The Hall–Kier alpha value is -3.32. The summed E-state index contributed by atoms with van der Waals surface area (Å²) in [5.74, 6) is 0.336. The molecule has 2 aliphatic heterocycles. The second-order valence-corrected chi connectivity index (χ2v) is 15.4. The molecule has 0 radical (unpaired) electrons. The molecule has 5 atom stereocenters. The fourth-order valence-corrected chi connectivity index (χ4v) is 6.88. The van der Waals surface area contributed by atoms with Crippen LogP contribution < -0.4 is 10.1 Å². The zero-order valence-electron chi connectivity index (χ0n) is 31.8. The third kappa shape index (κ3) is 9.19. The number of carbonyl (C=O) groups excluding carboxylic acids is 2. The Morgan fingerprint density at radius 1 is 1.00 bits per heavy atom. The molecule has 0 saturated carbocycles. The third-order valence-corrected chi connectivity index (χ3v) is 10.4. The number of nitrogens with zero attached hydrogens (tertiary/aromatic N) is 2. The van der Waals surface area contributed by atoms with Crippen LogP contribution in [0, 0.1) is 12.3 Å². The number of methoxy groups -OCH3 is 1. The maximum absolute atomic E-state index is 13.5. The van der Waals surface area contributed by atoms with Gasteiger partial charge in [0.25, 0.3) is 0 Å². The van der Waals surface area contributed by atoms with E-state index in [1.807, 2.05) is 56.0 Å². The van der Waals surface area contributed by atoms with Gasteiger partial charge in [0, 0.05) is 31.7 Å². The summed E-state index contributed by atoms with van der Waals surface area (Å²) in [6.45, 7) is 19.0. The van der Waals surface area contributed by atoms with Gasteiger partial charge in [-0.25, -0.2) is 0 Å². The summed E-state index contributed by atoms with van der Waals surface area (Å²) in [5.41, 5.74) is 3.73. The van der Waals surface area contributed by atoms with E-state index >= 15 is 0 Å². The predicted molar refractivity (Wildman–Crippen MR) is 198 cm³/mol. The van der Waals surface area contributed by atoms with Crippen molar-refractivity contribution in [3.63, 3.8) is 0 Å². The molecule has 2 aliphatic rings. The maximum atomic E-state index is 13.5. The van der Waals surface area contributed by atoms with Crippen LogP contribution in [0.5, 0.6) is 5.75 Å². The standard InChI is InChI=1S/C40H59N3O8/c1-10-42-15-17-43(18-16-42)38(49)40(7,8)41-37(48)39(5,6)14-13-26-11-12-27(25(4)19-26)20-28-21-30(31(50-9)22-29(28)24(2)3)36-35(47)34(46)33(45)32(23-44)51-36/h11-14,19,21-22,24,32-36,44-47H,10,15-18,20,23H2,1-9H3,(H,41,48)/b14-13+/t32-,33-,34+,35-,36+/m1/s1. The van der Waals surface area contributed by atoms with E-state index in [0.29, 0.717) is 30.8 Å². The van der Waals surface area contributed by atoms with Gasteiger partial charge in [-0.2, -0.15) is 0 Å². The number of aliphatic hydroxyl groups excluding tert-OH is 4. The van der Waals surface area contributed by atoms with Gasteiger partial charge < -0.3 is 45.0 Å². The molecule has 282 valence electrons. The number of aryl methyl sites for hydroxylation is 1. The van der Waals surface area contributed by atoms with E-state index in [9.17, 15) is 30.0 Å². The van der Waals surface area contributed by atoms with Crippen LogP contribution in [-0.2, 0) is 20.7 Å². The SMILES string of the molecule is CCN1CCN(C(=O)C(C)(C)NC(=O)C(C)(C)/C=C/c2ccc(Cc3cc([C@@H]4O[C@H](CO)[C@@H](O)[C@H](O)[C@H]4O)c(OC)cc3C(C)C)c(C)c2)CC1. The molecule has 4 rings (SSSR count). The minimum atomic E-state index is -1.50. The van der Waals surface area contributed by atoms with E-state index in [0.717, 1.165) is 47.5 Å². The Balaban J connectivity index is 1.51. The molecule has 11 nitrogen and oxygen atoms in total. The Bertz CT molecular complexity index is 1560. The summed E-state index contributed by atoms with van der Waals surface area (Å²) >= 11 is 0. The fraction of sp³-hybridized carbons (Fsp3) is 0.600. The lowest BCUT2D eigenvalue weighted by molar-refractivity contribution is -0.232. The van der Waals surface area contributed by atoms with Crippen LogP contribution in [-0.4, -0.2) is 118 Å². The Morgan fingerprint density at radius 2 is 1.67 bits per heavy atom. The minimum Gasteiger partial charge on any atom is -0.496 e. The summed E-state index contributed by atoms with van der Waals surface area (Å²) < 4.78 is 11.6. The monoisotopic (exact) mass is 709 g/mol. The van der Waals surface area contributed by atoms with Crippen molar-refractivity contribution in [3.8, 4) is 5.75 Å². The molecule has 2 aromatic carbocycles. The van der Waals surface area contributed by atoms with Gasteiger partial charge in [-0.05, 0) is 93.5 Å². The van der Waals surface area contributed by atoms with Gasteiger partial charge in [0.15, 0.2) is 0 Å². The van der Waals surface area contributed by atoms with E-state index in [1.54, 1.807) is 13.8 Å². The zero-order valence-corrected chi connectivity index (χ0v) is 31.8. The second-order valence-electron chi connectivity index (χ2n) is 15.4. The van der Waals surface area contributed by atoms with Gasteiger partial charge in [0.1, 0.15) is 41.8 Å². The van der Waals surface area contributed by atoms with E-state index < -0.39 is 48.1 Å². The molecule has 2 amide bonds. The Labute approximate surface area is 303 Å². The number of ether oxygens (including phenoxy) is 2. The van der Waals surface area contributed by atoms with Crippen molar-refractivity contribution in [2.75, 3.05) is 46.4 Å². The number of hydrogen-bond donors (Lipinski definition) is 5. The van der Waals surface area contributed by atoms with Crippen LogP contribution in [0.4, 0.5) is 0 Å². The maximum Gasteiger partial charge on any atom is 0.247 e. The van der Waals surface area contributed by atoms with Crippen molar-refractivity contribution >= 4 is 17.9 Å². The first-order valence-corrected chi connectivity index (χ1v) is 18.1. The topological polar surface area (TPSA) is 152 Å². The normalized spacial score (nSPS) is 23.6. The number of likely N-dealkylation sites (N-methyl/N-ethyl adjacent to an activating group) is 1. The molecule has 0 spiro atoms. The molecular formula is C40H59N3O8. The molecule has 2 saturated heterocycles. The zero-order chi connectivity index (χ0) is 37.8. The molecule has 2 heterocycles. The average molecular weight is 710 g/mol. The number of amides is 2. The number of piperazine rings is 1. The van der Waals surface area contributed by atoms with Crippen LogP contribution in [0.1, 0.15) is 93.9 Å². The van der Waals surface area contributed by atoms with E-state index in [4.69, 9.17) is 9.47 Å². The van der Waals surface area contributed by atoms with Crippen LogP contribution in [0.2, 0.25) is 0 Å². The van der Waals surface area contributed by atoms with Crippen LogP contribution in [0.15, 0.2) is 36.4 Å². The number of carbonyl (C=O) groups is 2. The highest BCUT2D eigenvalue weighted by Gasteiger charge is 2.45. The van der Waals surface area contributed by atoms with Crippen LogP contribution >= 0.6 is 0 Å². The third-order valence-electron chi connectivity index (χ3n) is 10.4. The lowest BCUT2D eigenvalue weighted by Gasteiger charge is -2.40. The first-order chi connectivity index (χ1) is 23.9. The fourth-order valence-electron chi connectivity index (χ4n) is 6.88. The van der Waals surface area contributed by atoms with Crippen molar-refractivity contribution in [1.82, 2.24) is 15.1 Å². The molecular weight excluding hydrogens is 650 g/mol. The van der Waals surface area contributed by atoms with Crippen molar-refractivity contribution in [3.05, 3.63) is 69.8 Å². The molecule has 0 bridgehead atoms. The summed E-state index contributed by atoms with van der Waals surface area (Å²) in [6.07, 6.45) is -2.08. The van der Waals surface area contributed by atoms with E-state index in [1.165, 1.54) is 7.11 Å². The molecule has 0 unspecified atom stereocenters. The van der Waals surface area contributed by atoms with Gasteiger partial charge in [-0.1, -0.05) is 51.1 Å².